The molecule has 1 fully saturated rings. The second-order valence-corrected chi connectivity index (χ2v) is 7.49. The van der Waals surface area contributed by atoms with E-state index in [1.165, 1.54) is 18.4 Å². The highest BCUT2D eigenvalue weighted by Gasteiger charge is 2.43. The molecule has 0 amide bonds. The van der Waals surface area contributed by atoms with Crippen molar-refractivity contribution in [3.8, 4) is 0 Å². The standard InChI is InChI=1S/C13H17NOS.C4H10/c1-14-8-6-13(7-9-14)10-16(15)12-5-3-2-4-11(12)13;1-3-4-2/h2-5H,6-10H2,1H3;3-4H2,1-2H3. The molecule has 1 spiro atoms. The summed E-state index contributed by atoms with van der Waals surface area (Å²) in [6, 6.07) is 8.32. The van der Waals surface area contributed by atoms with Gasteiger partial charge in [-0.2, -0.15) is 0 Å². The lowest BCUT2D eigenvalue weighted by molar-refractivity contribution is 0.203. The minimum absolute atomic E-state index is 0.216. The summed E-state index contributed by atoms with van der Waals surface area (Å²) in [5.74, 6) is 0.847. The maximum absolute atomic E-state index is 12.1. The van der Waals surface area contributed by atoms with E-state index in [2.05, 4.69) is 37.9 Å². The Hall–Kier alpha value is -0.670. The molecule has 0 aromatic heterocycles. The normalized spacial score (nSPS) is 24.1. The van der Waals surface area contributed by atoms with Gasteiger partial charge in [-0.15, -0.1) is 0 Å². The summed E-state index contributed by atoms with van der Waals surface area (Å²) in [7, 11) is 1.41. The van der Waals surface area contributed by atoms with Gasteiger partial charge in [0.1, 0.15) is 0 Å². The summed E-state index contributed by atoms with van der Waals surface area (Å²) in [5.41, 5.74) is 1.58. The van der Waals surface area contributed by atoms with Crippen molar-refractivity contribution in [1.82, 2.24) is 4.90 Å². The second-order valence-electron chi connectivity index (χ2n) is 6.07. The third kappa shape index (κ3) is 3.15. The molecule has 2 aliphatic rings. The summed E-state index contributed by atoms with van der Waals surface area (Å²) >= 11 is 0. The SMILES string of the molecule is CCCC.CN1CCC2(CC1)CS(=O)c1ccccc12. The number of hydrogen-bond donors (Lipinski definition) is 0. The van der Waals surface area contributed by atoms with Gasteiger partial charge in [0.15, 0.2) is 0 Å². The monoisotopic (exact) mass is 293 g/mol. The van der Waals surface area contributed by atoms with Crippen molar-refractivity contribution in [3.05, 3.63) is 29.8 Å². The minimum Gasteiger partial charge on any atom is -0.306 e. The van der Waals surface area contributed by atoms with Crippen LogP contribution >= 0.6 is 0 Å². The Morgan fingerprint density at radius 2 is 1.75 bits per heavy atom. The Balaban J connectivity index is 0.000000328. The first kappa shape index (κ1) is 15.7. The van der Waals surface area contributed by atoms with Crippen molar-refractivity contribution in [2.75, 3.05) is 25.9 Å². The Morgan fingerprint density at radius 3 is 2.35 bits per heavy atom. The van der Waals surface area contributed by atoms with Crippen molar-refractivity contribution in [2.45, 2.75) is 49.8 Å². The molecule has 3 rings (SSSR count). The predicted molar refractivity (Wildman–Crippen MR) is 86.7 cm³/mol. The van der Waals surface area contributed by atoms with E-state index in [-0.39, 0.29) is 5.41 Å². The quantitative estimate of drug-likeness (QED) is 0.789. The van der Waals surface area contributed by atoms with E-state index in [1.807, 2.05) is 12.1 Å². The number of rotatable bonds is 1. The molecule has 1 saturated heterocycles. The van der Waals surface area contributed by atoms with Crippen molar-refractivity contribution < 1.29 is 4.21 Å². The third-order valence-electron chi connectivity index (χ3n) is 4.56. The van der Waals surface area contributed by atoms with Crippen molar-refractivity contribution in [1.29, 1.82) is 0 Å². The lowest BCUT2D eigenvalue weighted by Crippen LogP contribution is -2.41. The van der Waals surface area contributed by atoms with Crippen LogP contribution in [-0.2, 0) is 16.2 Å². The molecule has 0 aliphatic carbocycles. The van der Waals surface area contributed by atoms with E-state index in [0.717, 1.165) is 36.6 Å². The molecule has 1 atom stereocenters. The van der Waals surface area contributed by atoms with Gasteiger partial charge in [-0.05, 0) is 44.6 Å². The van der Waals surface area contributed by atoms with E-state index in [0.29, 0.717) is 0 Å². The van der Waals surface area contributed by atoms with Crippen LogP contribution in [0.2, 0.25) is 0 Å². The van der Waals surface area contributed by atoms with Crippen LogP contribution in [0.5, 0.6) is 0 Å². The zero-order chi connectivity index (χ0) is 14.6. The first-order valence-electron chi connectivity index (χ1n) is 7.79. The lowest BCUT2D eigenvalue weighted by atomic mass is 9.75. The van der Waals surface area contributed by atoms with Crippen LogP contribution in [0.15, 0.2) is 29.2 Å². The Labute approximate surface area is 126 Å². The molecule has 3 heteroatoms. The van der Waals surface area contributed by atoms with Crippen LogP contribution in [0.1, 0.15) is 45.1 Å². The van der Waals surface area contributed by atoms with E-state index in [4.69, 9.17) is 0 Å². The van der Waals surface area contributed by atoms with Gasteiger partial charge in [0, 0.05) is 16.1 Å². The summed E-state index contributed by atoms with van der Waals surface area (Å²) < 4.78 is 12.1. The molecule has 0 N–H and O–H groups in total. The zero-order valence-corrected chi connectivity index (χ0v) is 13.8. The summed E-state index contributed by atoms with van der Waals surface area (Å²) in [4.78, 5) is 3.46. The molecule has 1 unspecified atom stereocenters. The number of piperidine rings is 1. The van der Waals surface area contributed by atoms with Gasteiger partial charge in [0.05, 0.1) is 10.8 Å². The molecule has 0 bridgehead atoms. The fourth-order valence-electron chi connectivity index (χ4n) is 2.97. The Kier molecular flexibility index (Phi) is 5.39. The molecule has 1 aromatic rings. The van der Waals surface area contributed by atoms with Gasteiger partial charge in [-0.3, -0.25) is 4.21 Å². The largest absolute Gasteiger partial charge is 0.306 e. The number of likely N-dealkylation sites (tertiary alicyclic amines) is 1. The lowest BCUT2D eigenvalue weighted by Gasteiger charge is -2.37. The van der Waals surface area contributed by atoms with Gasteiger partial charge in [0.2, 0.25) is 0 Å². The number of fused-ring (bicyclic) bond motifs is 2. The van der Waals surface area contributed by atoms with Crippen LogP contribution < -0.4 is 0 Å². The van der Waals surface area contributed by atoms with E-state index >= 15 is 0 Å². The molecule has 1 aromatic carbocycles. The van der Waals surface area contributed by atoms with Crippen LogP contribution in [0, 0.1) is 0 Å². The Bertz CT molecular complexity index is 462. The highest BCUT2D eigenvalue weighted by atomic mass is 32.2. The molecule has 112 valence electrons. The molecule has 2 heterocycles. The average molecular weight is 293 g/mol. The second kappa shape index (κ2) is 6.86. The molecule has 2 nitrogen and oxygen atoms in total. The maximum Gasteiger partial charge on any atom is 0.0541 e. The minimum atomic E-state index is -0.764. The molecular formula is C17H27NOS. The highest BCUT2D eigenvalue weighted by molar-refractivity contribution is 7.85. The predicted octanol–water partition coefficient (Wildman–Crippen LogP) is 3.58. The number of hydrogen-bond acceptors (Lipinski definition) is 2. The smallest absolute Gasteiger partial charge is 0.0541 e. The van der Waals surface area contributed by atoms with Crippen molar-refractivity contribution >= 4 is 10.8 Å². The first-order valence-corrected chi connectivity index (χ1v) is 9.11. The summed E-state index contributed by atoms with van der Waals surface area (Å²) in [6.45, 7) is 6.62. The fraction of sp³-hybridized carbons (Fsp3) is 0.647. The van der Waals surface area contributed by atoms with E-state index in [9.17, 15) is 4.21 Å². The van der Waals surface area contributed by atoms with Crippen LogP contribution in [0.25, 0.3) is 0 Å². The van der Waals surface area contributed by atoms with Crippen LogP contribution in [0.3, 0.4) is 0 Å². The molecule has 20 heavy (non-hydrogen) atoms. The summed E-state index contributed by atoms with van der Waals surface area (Å²) in [6.07, 6.45) is 4.96. The van der Waals surface area contributed by atoms with Crippen LogP contribution in [-0.4, -0.2) is 35.0 Å². The summed E-state index contributed by atoms with van der Waals surface area (Å²) in [5, 5.41) is 0. The van der Waals surface area contributed by atoms with Gasteiger partial charge in [-0.1, -0.05) is 44.9 Å². The molecule has 0 saturated carbocycles. The van der Waals surface area contributed by atoms with Crippen molar-refractivity contribution in [2.24, 2.45) is 0 Å². The molecule has 2 aliphatic heterocycles. The van der Waals surface area contributed by atoms with Gasteiger partial charge < -0.3 is 4.90 Å². The number of nitrogens with zero attached hydrogens (tertiary/aromatic N) is 1. The zero-order valence-electron chi connectivity index (χ0n) is 13.0. The maximum atomic E-state index is 12.1. The molecule has 0 radical (unpaired) electrons. The van der Waals surface area contributed by atoms with Crippen LogP contribution in [0.4, 0.5) is 0 Å². The number of unbranched alkanes of at least 4 members (excludes halogenated alkanes) is 1. The van der Waals surface area contributed by atoms with E-state index < -0.39 is 10.8 Å². The van der Waals surface area contributed by atoms with E-state index in [1.54, 1.807) is 0 Å². The molecular weight excluding hydrogens is 266 g/mol. The Morgan fingerprint density at radius 1 is 1.15 bits per heavy atom. The first-order chi connectivity index (χ1) is 9.63. The van der Waals surface area contributed by atoms with Gasteiger partial charge in [-0.25, -0.2) is 0 Å². The highest BCUT2D eigenvalue weighted by Crippen LogP contribution is 2.44. The van der Waals surface area contributed by atoms with Gasteiger partial charge in [0.25, 0.3) is 0 Å². The fourth-order valence-corrected chi connectivity index (χ4v) is 4.83. The third-order valence-corrected chi connectivity index (χ3v) is 6.22. The number of benzene rings is 1. The van der Waals surface area contributed by atoms with Crippen molar-refractivity contribution in [3.63, 3.8) is 0 Å². The average Bonchev–Trinajstić information content (AvgIpc) is 2.76. The topological polar surface area (TPSA) is 20.3 Å². The van der Waals surface area contributed by atoms with Gasteiger partial charge >= 0.3 is 0 Å².